The first-order valence-electron chi connectivity index (χ1n) is 6.52. The van der Waals surface area contributed by atoms with Crippen LogP contribution in [0.15, 0.2) is 24.3 Å². The summed E-state index contributed by atoms with van der Waals surface area (Å²) in [4.78, 5) is 2.52. The van der Waals surface area contributed by atoms with E-state index in [0.29, 0.717) is 0 Å². The molecule has 0 aliphatic carbocycles. The van der Waals surface area contributed by atoms with Crippen LogP contribution in [0.4, 0.5) is 4.39 Å². The molecule has 1 aromatic rings. The fourth-order valence-electron chi connectivity index (χ4n) is 2.26. The summed E-state index contributed by atoms with van der Waals surface area (Å²) in [6, 6.07) is 6.70. The summed E-state index contributed by atoms with van der Waals surface area (Å²) in [5.41, 5.74) is 1.14. The van der Waals surface area contributed by atoms with Crippen molar-refractivity contribution in [3.8, 4) is 0 Å². The summed E-state index contributed by atoms with van der Waals surface area (Å²) in [5, 5.41) is 3.40. The highest BCUT2D eigenvalue weighted by molar-refractivity contribution is 5.15. The number of rotatable bonds is 5. The number of nitrogens with one attached hydrogen (secondary N) is 1. The molecule has 1 fully saturated rings. The van der Waals surface area contributed by atoms with Crippen molar-refractivity contribution in [2.75, 3.05) is 26.2 Å². The first-order valence-corrected chi connectivity index (χ1v) is 6.52. The quantitative estimate of drug-likeness (QED) is 0.790. The molecule has 0 saturated carbocycles. The fourth-order valence-corrected chi connectivity index (χ4v) is 2.26. The van der Waals surface area contributed by atoms with Gasteiger partial charge in [0.2, 0.25) is 0 Å². The second kappa shape index (κ2) is 6.72. The van der Waals surface area contributed by atoms with Gasteiger partial charge in [-0.2, -0.15) is 0 Å². The van der Waals surface area contributed by atoms with Gasteiger partial charge in [-0.25, -0.2) is 4.39 Å². The number of likely N-dealkylation sites (tertiary alicyclic amines) is 1. The summed E-state index contributed by atoms with van der Waals surface area (Å²) in [5.74, 6) is -0.165. The predicted octanol–water partition coefficient (Wildman–Crippen LogP) is 2.40. The van der Waals surface area contributed by atoms with E-state index in [1.54, 1.807) is 0 Å². The molecule has 1 N–H and O–H groups in total. The van der Waals surface area contributed by atoms with Crippen molar-refractivity contribution < 1.29 is 4.39 Å². The fraction of sp³-hybridized carbons (Fsp3) is 0.571. The maximum atomic E-state index is 12.7. The van der Waals surface area contributed by atoms with Crippen molar-refractivity contribution in [2.45, 2.75) is 25.8 Å². The lowest BCUT2D eigenvalue weighted by Crippen LogP contribution is -2.35. The number of benzene rings is 1. The minimum Gasteiger partial charge on any atom is -0.311 e. The molecule has 17 heavy (non-hydrogen) atoms. The Balaban J connectivity index is 1.60. The summed E-state index contributed by atoms with van der Waals surface area (Å²) in [6.07, 6.45) is 4.08. The number of halogens is 1. The van der Waals surface area contributed by atoms with E-state index >= 15 is 0 Å². The molecule has 1 aliphatic heterocycles. The van der Waals surface area contributed by atoms with Gasteiger partial charge in [-0.3, -0.25) is 0 Å². The first kappa shape index (κ1) is 12.5. The Bertz CT molecular complexity index is 317. The number of hydrogen-bond acceptors (Lipinski definition) is 2. The molecule has 0 unspecified atom stereocenters. The average molecular weight is 236 g/mol. The Labute approximate surface area is 103 Å². The molecular weight excluding hydrogens is 215 g/mol. The van der Waals surface area contributed by atoms with Gasteiger partial charge in [0, 0.05) is 19.6 Å². The summed E-state index contributed by atoms with van der Waals surface area (Å²) < 4.78 is 12.7. The summed E-state index contributed by atoms with van der Waals surface area (Å²) in [6.45, 7) is 5.46. The molecule has 2 nitrogen and oxygen atoms in total. The SMILES string of the molecule is Fc1ccc(CNCCN2CCCCC2)cc1. The third kappa shape index (κ3) is 4.44. The zero-order valence-corrected chi connectivity index (χ0v) is 10.3. The minimum atomic E-state index is -0.165. The zero-order valence-electron chi connectivity index (χ0n) is 10.3. The van der Waals surface area contributed by atoms with Crippen molar-refractivity contribution in [3.05, 3.63) is 35.6 Å². The summed E-state index contributed by atoms with van der Waals surface area (Å²) in [7, 11) is 0. The van der Waals surface area contributed by atoms with Crippen molar-refractivity contribution >= 4 is 0 Å². The van der Waals surface area contributed by atoms with E-state index in [1.165, 1.54) is 44.5 Å². The Morgan fingerprint density at radius 1 is 1.06 bits per heavy atom. The highest BCUT2D eigenvalue weighted by Gasteiger charge is 2.08. The van der Waals surface area contributed by atoms with Gasteiger partial charge in [0.25, 0.3) is 0 Å². The van der Waals surface area contributed by atoms with Crippen LogP contribution < -0.4 is 5.32 Å². The summed E-state index contributed by atoms with van der Waals surface area (Å²) >= 11 is 0. The normalized spacial score (nSPS) is 17.2. The van der Waals surface area contributed by atoms with E-state index < -0.39 is 0 Å². The molecule has 1 aliphatic rings. The van der Waals surface area contributed by atoms with E-state index in [4.69, 9.17) is 0 Å². The molecule has 0 atom stereocenters. The second-order valence-corrected chi connectivity index (χ2v) is 4.71. The molecule has 0 spiro atoms. The van der Waals surface area contributed by atoms with Crippen molar-refractivity contribution in [3.63, 3.8) is 0 Å². The van der Waals surface area contributed by atoms with Gasteiger partial charge >= 0.3 is 0 Å². The van der Waals surface area contributed by atoms with Crippen LogP contribution in [0.5, 0.6) is 0 Å². The molecule has 0 aromatic heterocycles. The van der Waals surface area contributed by atoms with Crippen LogP contribution in [0, 0.1) is 5.82 Å². The molecule has 2 rings (SSSR count). The minimum absolute atomic E-state index is 0.165. The lowest BCUT2D eigenvalue weighted by Gasteiger charge is -2.26. The second-order valence-electron chi connectivity index (χ2n) is 4.71. The van der Waals surface area contributed by atoms with Gasteiger partial charge in [-0.15, -0.1) is 0 Å². The van der Waals surface area contributed by atoms with E-state index in [9.17, 15) is 4.39 Å². The molecule has 0 bridgehead atoms. The van der Waals surface area contributed by atoms with Gasteiger partial charge in [0.1, 0.15) is 5.82 Å². The highest BCUT2D eigenvalue weighted by Crippen LogP contribution is 2.07. The van der Waals surface area contributed by atoms with Crippen LogP contribution in [0.25, 0.3) is 0 Å². The molecule has 1 heterocycles. The van der Waals surface area contributed by atoms with Gasteiger partial charge in [0.15, 0.2) is 0 Å². The van der Waals surface area contributed by atoms with Crippen LogP contribution in [0.3, 0.4) is 0 Å². The largest absolute Gasteiger partial charge is 0.311 e. The highest BCUT2D eigenvalue weighted by atomic mass is 19.1. The predicted molar refractivity (Wildman–Crippen MR) is 68.4 cm³/mol. The van der Waals surface area contributed by atoms with Gasteiger partial charge < -0.3 is 10.2 Å². The average Bonchev–Trinajstić information content (AvgIpc) is 2.38. The molecule has 1 saturated heterocycles. The van der Waals surface area contributed by atoms with Crippen LogP contribution in [-0.4, -0.2) is 31.1 Å². The smallest absolute Gasteiger partial charge is 0.123 e. The van der Waals surface area contributed by atoms with E-state index in [-0.39, 0.29) is 5.82 Å². The Morgan fingerprint density at radius 3 is 2.47 bits per heavy atom. The van der Waals surface area contributed by atoms with Crippen molar-refractivity contribution in [1.29, 1.82) is 0 Å². The van der Waals surface area contributed by atoms with E-state index in [0.717, 1.165) is 25.2 Å². The monoisotopic (exact) mass is 236 g/mol. The molecule has 3 heteroatoms. The number of hydrogen-bond donors (Lipinski definition) is 1. The standard InChI is InChI=1S/C14H21FN2/c15-14-6-4-13(5-7-14)12-16-8-11-17-9-2-1-3-10-17/h4-7,16H,1-3,8-12H2. The number of piperidine rings is 1. The van der Waals surface area contributed by atoms with E-state index in [2.05, 4.69) is 10.2 Å². The van der Waals surface area contributed by atoms with Crippen molar-refractivity contribution in [1.82, 2.24) is 10.2 Å². The van der Waals surface area contributed by atoms with Crippen LogP contribution in [-0.2, 0) is 6.54 Å². The number of nitrogens with zero attached hydrogens (tertiary/aromatic N) is 1. The third-order valence-corrected chi connectivity index (χ3v) is 3.30. The molecule has 94 valence electrons. The van der Waals surface area contributed by atoms with Crippen molar-refractivity contribution in [2.24, 2.45) is 0 Å². The Hall–Kier alpha value is -0.930. The van der Waals surface area contributed by atoms with Crippen LogP contribution in [0.2, 0.25) is 0 Å². The molecular formula is C14H21FN2. The molecule has 1 aromatic carbocycles. The first-order chi connectivity index (χ1) is 8.34. The Kier molecular flexibility index (Phi) is 4.95. The maximum Gasteiger partial charge on any atom is 0.123 e. The Morgan fingerprint density at radius 2 is 1.76 bits per heavy atom. The van der Waals surface area contributed by atoms with Gasteiger partial charge in [-0.05, 0) is 43.6 Å². The van der Waals surface area contributed by atoms with Crippen LogP contribution >= 0.6 is 0 Å². The van der Waals surface area contributed by atoms with Gasteiger partial charge in [0.05, 0.1) is 0 Å². The lowest BCUT2D eigenvalue weighted by molar-refractivity contribution is 0.229. The van der Waals surface area contributed by atoms with Crippen LogP contribution in [0.1, 0.15) is 24.8 Å². The lowest BCUT2D eigenvalue weighted by atomic mass is 10.1. The third-order valence-electron chi connectivity index (χ3n) is 3.30. The maximum absolute atomic E-state index is 12.7. The molecule has 0 radical (unpaired) electrons. The molecule has 0 amide bonds. The topological polar surface area (TPSA) is 15.3 Å². The zero-order chi connectivity index (χ0) is 11.9. The van der Waals surface area contributed by atoms with E-state index in [1.807, 2.05) is 12.1 Å². The van der Waals surface area contributed by atoms with Gasteiger partial charge in [-0.1, -0.05) is 18.6 Å².